The first-order chi connectivity index (χ1) is 12.5. The number of halogens is 1. The van der Waals surface area contributed by atoms with Crippen LogP contribution in [0, 0.1) is 4.77 Å². The van der Waals surface area contributed by atoms with Gasteiger partial charge in [0.05, 0.1) is 31.9 Å². The third-order valence-electron chi connectivity index (χ3n) is 4.41. The number of tetrazole rings is 1. The highest BCUT2D eigenvalue weighted by molar-refractivity contribution is 7.71. The molecule has 2 fully saturated rings. The van der Waals surface area contributed by atoms with Crippen LogP contribution in [0.2, 0.25) is 5.02 Å². The molecule has 0 radical (unpaired) electrons. The Kier molecular flexibility index (Phi) is 4.43. The van der Waals surface area contributed by atoms with Gasteiger partial charge >= 0.3 is 0 Å². The van der Waals surface area contributed by atoms with Crippen molar-refractivity contribution in [3.05, 3.63) is 21.9 Å². The third kappa shape index (κ3) is 2.69. The van der Waals surface area contributed by atoms with E-state index in [2.05, 4.69) is 10.4 Å². The van der Waals surface area contributed by atoms with Gasteiger partial charge in [0.25, 0.3) is 0 Å². The van der Waals surface area contributed by atoms with Crippen LogP contribution in [-0.4, -0.2) is 58.8 Å². The molecule has 0 amide bonds. The van der Waals surface area contributed by atoms with Gasteiger partial charge in [-0.3, -0.25) is 4.79 Å². The standard InChI is InChI=1S/C15H15ClN4O5S/c1-22-11-5-9(12(23-2)3-7(11)16)20-15(26)19(17-18-20)8-4-10(21)14-24-6-13(8)25-14/h3,5,8,13-14H,4,6H2,1-2H3/t8-,13-,14-/m1/s1. The summed E-state index contributed by atoms with van der Waals surface area (Å²) in [5.74, 6) is 0.771. The van der Waals surface area contributed by atoms with E-state index in [-0.39, 0.29) is 24.3 Å². The number of aromatic nitrogens is 4. The first-order valence-electron chi connectivity index (χ1n) is 7.79. The van der Waals surface area contributed by atoms with Crippen molar-refractivity contribution in [2.45, 2.75) is 24.9 Å². The zero-order chi connectivity index (χ0) is 18.4. The van der Waals surface area contributed by atoms with Crippen LogP contribution in [0.25, 0.3) is 5.69 Å². The highest BCUT2D eigenvalue weighted by Gasteiger charge is 2.45. The molecular formula is C15H15ClN4O5S. The molecule has 3 heterocycles. The summed E-state index contributed by atoms with van der Waals surface area (Å²) in [5.41, 5.74) is 0.522. The van der Waals surface area contributed by atoms with Crippen molar-refractivity contribution >= 4 is 29.6 Å². The largest absolute Gasteiger partial charge is 0.495 e. The van der Waals surface area contributed by atoms with Crippen molar-refractivity contribution in [2.75, 3.05) is 20.8 Å². The summed E-state index contributed by atoms with van der Waals surface area (Å²) in [7, 11) is 3.02. The normalized spacial score (nSPS) is 24.7. The summed E-state index contributed by atoms with van der Waals surface area (Å²) in [6.07, 6.45) is -0.846. The lowest BCUT2D eigenvalue weighted by molar-refractivity contribution is -0.156. The van der Waals surface area contributed by atoms with Gasteiger partial charge in [-0.1, -0.05) is 11.6 Å². The van der Waals surface area contributed by atoms with Gasteiger partial charge in [0.2, 0.25) is 11.1 Å². The van der Waals surface area contributed by atoms with Crippen molar-refractivity contribution in [2.24, 2.45) is 0 Å². The van der Waals surface area contributed by atoms with Crippen molar-refractivity contribution < 1.29 is 23.7 Å². The predicted molar refractivity (Wildman–Crippen MR) is 91.6 cm³/mol. The molecule has 26 heavy (non-hydrogen) atoms. The quantitative estimate of drug-likeness (QED) is 0.719. The minimum atomic E-state index is -0.777. The van der Waals surface area contributed by atoms with E-state index in [4.69, 9.17) is 42.8 Å². The maximum absolute atomic E-state index is 12.0. The molecule has 138 valence electrons. The summed E-state index contributed by atoms with van der Waals surface area (Å²) < 4.78 is 24.7. The summed E-state index contributed by atoms with van der Waals surface area (Å²) in [6, 6.07) is 2.90. The van der Waals surface area contributed by atoms with Crippen molar-refractivity contribution in [3.8, 4) is 17.2 Å². The third-order valence-corrected chi connectivity index (χ3v) is 5.07. The van der Waals surface area contributed by atoms with E-state index in [1.165, 1.54) is 23.6 Å². The topological polar surface area (TPSA) is 89.6 Å². The first kappa shape index (κ1) is 17.4. The van der Waals surface area contributed by atoms with E-state index in [1.807, 2.05) is 0 Å². The number of Topliss-reactive ketones (excluding diaryl/α,β-unsaturated/α-hetero) is 1. The number of ketones is 1. The van der Waals surface area contributed by atoms with Crippen LogP contribution < -0.4 is 9.47 Å². The number of methoxy groups -OCH3 is 2. The Labute approximate surface area is 158 Å². The number of hydrogen-bond acceptors (Lipinski definition) is 8. The van der Waals surface area contributed by atoms with Gasteiger partial charge in [0, 0.05) is 18.6 Å². The second-order valence-electron chi connectivity index (χ2n) is 5.85. The van der Waals surface area contributed by atoms with Crippen LogP contribution in [0.1, 0.15) is 12.5 Å². The smallest absolute Gasteiger partial charge is 0.221 e. The Morgan fingerprint density at radius 2 is 2.04 bits per heavy atom. The zero-order valence-electron chi connectivity index (χ0n) is 13.9. The maximum atomic E-state index is 12.0. The monoisotopic (exact) mass is 398 g/mol. The number of carbonyl (C=O) groups excluding carboxylic acids is 1. The lowest BCUT2D eigenvalue weighted by Gasteiger charge is -2.25. The fourth-order valence-electron chi connectivity index (χ4n) is 3.09. The molecule has 0 spiro atoms. The van der Waals surface area contributed by atoms with Crippen LogP contribution >= 0.6 is 23.8 Å². The number of fused-ring (bicyclic) bond motifs is 2. The molecule has 9 nitrogen and oxygen atoms in total. The summed E-state index contributed by atoms with van der Waals surface area (Å²) in [4.78, 5) is 12.0. The average Bonchev–Trinajstić information content (AvgIpc) is 3.23. The molecular weight excluding hydrogens is 384 g/mol. The fourth-order valence-corrected chi connectivity index (χ4v) is 3.63. The van der Waals surface area contributed by atoms with Crippen LogP contribution in [0.15, 0.2) is 12.1 Å². The molecule has 0 unspecified atom stereocenters. The second-order valence-corrected chi connectivity index (χ2v) is 6.63. The summed E-state index contributed by atoms with van der Waals surface area (Å²) in [5, 5.41) is 8.65. The Bertz CT molecular complexity index is 929. The molecule has 4 rings (SSSR count). The molecule has 0 aliphatic carbocycles. The predicted octanol–water partition coefficient (Wildman–Crippen LogP) is 1.72. The number of ether oxygens (including phenoxy) is 4. The van der Waals surface area contributed by atoms with E-state index >= 15 is 0 Å². The minimum Gasteiger partial charge on any atom is -0.495 e. The molecule has 2 bridgehead atoms. The molecule has 2 aliphatic rings. The molecule has 2 aromatic rings. The number of nitrogens with zero attached hydrogens (tertiary/aromatic N) is 4. The lowest BCUT2D eigenvalue weighted by atomic mass is 10.0. The molecule has 1 aromatic heterocycles. The van der Waals surface area contributed by atoms with E-state index in [1.54, 1.807) is 12.1 Å². The van der Waals surface area contributed by atoms with Gasteiger partial charge < -0.3 is 18.9 Å². The number of carbonyl (C=O) groups is 1. The maximum Gasteiger partial charge on any atom is 0.221 e. The van der Waals surface area contributed by atoms with Crippen LogP contribution in [0.3, 0.4) is 0 Å². The highest BCUT2D eigenvalue weighted by Crippen LogP contribution is 2.36. The molecule has 3 atom stereocenters. The van der Waals surface area contributed by atoms with Gasteiger partial charge in [-0.05, 0) is 22.6 Å². The zero-order valence-corrected chi connectivity index (χ0v) is 15.5. The second kappa shape index (κ2) is 6.62. The number of rotatable bonds is 4. The number of hydrogen-bond donors (Lipinski definition) is 0. The summed E-state index contributed by atoms with van der Waals surface area (Å²) >= 11 is 11.7. The van der Waals surface area contributed by atoms with Gasteiger partial charge in [-0.2, -0.15) is 4.68 Å². The Balaban J connectivity index is 1.77. The molecule has 11 heteroatoms. The van der Waals surface area contributed by atoms with Gasteiger partial charge in [-0.25, -0.2) is 4.68 Å². The Morgan fingerprint density at radius 3 is 2.77 bits per heavy atom. The van der Waals surface area contributed by atoms with E-state index < -0.39 is 6.29 Å². The van der Waals surface area contributed by atoms with Crippen LogP contribution in [-0.2, 0) is 14.3 Å². The van der Waals surface area contributed by atoms with E-state index in [9.17, 15) is 4.79 Å². The number of benzene rings is 1. The fraction of sp³-hybridized carbons (Fsp3) is 0.467. The average molecular weight is 399 g/mol. The molecule has 2 aliphatic heterocycles. The first-order valence-corrected chi connectivity index (χ1v) is 8.58. The van der Waals surface area contributed by atoms with Crippen molar-refractivity contribution in [1.29, 1.82) is 0 Å². The van der Waals surface area contributed by atoms with Crippen molar-refractivity contribution in [1.82, 2.24) is 19.8 Å². The van der Waals surface area contributed by atoms with E-state index in [0.29, 0.717) is 33.6 Å². The lowest BCUT2D eigenvalue weighted by Crippen LogP contribution is -2.37. The van der Waals surface area contributed by atoms with Crippen LogP contribution in [0.4, 0.5) is 0 Å². The molecule has 0 saturated carbocycles. The summed E-state index contributed by atoms with van der Waals surface area (Å²) in [6.45, 7) is 0.313. The van der Waals surface area contributed by atoms with Gasteiger partial charge in [-0.15, -0.1) is 0 Å². The SMILES string of the molecule is COc1cc(-n2nnn([C@@H]3CC(=O)[C@@H]4OC[C@H]3O4)c2=S)c(OC)cc1Cl. The minimum absolute atomic E-state index is 0.133. The van der Waals surface area contributed by atoms with Gasteiger partial charge in [0.1, 0.15) is 23.3 Å². The molecule has 0 N–H and O–H groups in total. The molecule has 1 aromatic carbocycles. The Morgan fingerprint density at radius 1 is 1.27 bits per heavy atom. The highest BCUT2D eigenvalue weighted by atomic mass is 35.5. The van der Waals surface area contributed by atoms with Crippen molar-refractivity contribution in [3.63, 3.8) is 0 Å². The Hall–Kier alpha value is -2.01. The van der Waals surface area contributed by atoms with E-state index in [0.717, 1.165) is 0 Å². The van der Waals surface area contributed by atoms with Gasteiger partial charge in [0.15, 0.2) is 5.78 Å². The van der Waals surface area contributed by atoms with Crippen LogP contribution in [0.5, 0.6) is 11.5 Å². The molecule has 2 saturated heterocycles.